The molecule has 2 N–H and O–H groups in total. The first-order valence-electron chi connectivity index (χ1n) is 11.4. The maximum Gasteiger partial charge on any atom is 0.453 e. The molecule has 17 heteroatoms. The minimum Gasteiger partial charge on any atom is -0.355 e. The van der Waals surface area contributed by atoms with E-state index in [4.69, 9.17) is 0 Å². The fourth-order valence-electron chi connectivity index (χ4n) is 3.93. The molecule has 41 heavy (non-hydrogen) atoms. The van der Waals surface area contributed by atoms with Gasteiger partial charge in [-0.3, -0.25) is 9.59 Å². The smallest absolute Gasteiger partial charge is 0.355 e. The van der Waals surface area contributed by atoms with Gasteiger partial charge in [-0.25, -0.2) is 9.36 Å². The molecule has 0 unspecified atom stereocenters. The van der Waals surface area contributed by atoms with Crippen molar-refractivity contribution in [3.63, 3.8) is 0 Å². The lowest BCUT2D eigenvalue weighted by Crippen LogP contribution is -2.24. The van der Waals surface area contributed by atoms with Crippen molar-refractivity contribution in [1.29, 1.82) is 5.26 Å². The molecule has 0 saturated heterocycles. The van der Waals surface area contributed by atoms with Crippen LogP contribution in [0.4, 0.5) is 32.0 Å². The van der Waals surface area contributed by atoms with Crippen LogP contribution in [0.15, 0.2) is 42.5 Å². The van der Waals surface area contributed by atoms with Crippen LogP contribution in [0.3, 0.4) is 0 Å². The van der Waals surface area contributed by atoms with E-state index in [0.29, 0.717) is 9.36 Å². The Morgan fingerprint density at radius 1 is 1.02 bits per heavy atom. The highest BCUT2D eigenvalue weighted by molar-refractivity contribution is 6.09. The lowest BCUT2D eigenvalue weighted by molar-refractivity contribution is -0.147. The number of anilines is 1. The first kappa shape index (κ1) is 28.7. The number of halogens is 6. The van der Waals surface area contributed by atoms with Crippen molar-refractivity contribution in [3.8, 4) is 11.8 Å². The second-order valence-electron chi connectivity index (χ2n) is 8.47. The van der Waals surface area contributed by atoms with Crippen LogP contribution in [0.25, 0.3) is 5.69 Å². The summed E-state index contributed by atoms with van der Waals surface area (Å²) in [4.78, 5) is 26.0. The summed E-state index contributed by atoms with van der Waals surface area (Å²) in [6, 6.07) is 9.58. The number of nitrogens with zero attached hydrogens (tertiary/aromatic N) is 7. The zero-order valence-corrected chi connectivity index (χ0v) is 21.0. The number of carbonyl (C=O) groups is 2. The largest absolute Gasteiger partial charge is 0.453 e. The lowest BCUT2D eigenvalue weighted by atomic mass is 10.0. The fourth-order valence-corrected chi connectivity index (χ4v) is 3.93. The van der Waals surface area contributed by atoms with Crippen LogP contribution >= 0.6 is 0 Å². The second-order valence-corrected chi connectivity index (χ2v) is 8.47. The van der Waals surface area contributed by atoms with Gasteiger partial charge in [0.2, 0.25) is 0 Å². The predicted octanol–water partition coefficient (Wildman–Crippen LogP) is 3.74. The highest BCUT2D eigenvalue weighted by Crippen LogP contribution is 2.34. The highest BCUT2D eigenvalue weighted by atomic mass is 19.4. The molecule has 0 bridgehead atoms. The van der Waals surface area contributed by atoms with Crippen LogP contribution in [0.1, 0.15) is 49.1 Å². The van der Waals surface area contributed by atoms with E-state index < -0.39 is 53.5 Å². The molecule has 2 aromatic carbocycles. The number of alkyl halides is 6. The summed E-state index contributed by atoms with van der Waals surface area (Å²) in [6.07, 6.45) is -9.83. The number of para-hydroxylation sites is 1. The van der Waals surface area contributed by atoms with Crippen molar-refractivity contribution in [2.45, 2.75) is 25.8 Å². The van der Waals surface area contributed by atoms with E-state index in [1.807, 2.05) is 6.07 Å². The van der Waals surface area contributed by atoms with Crippen molar-refractivity contribution >= 4 is 17.5 Å². The minimum atomic E-state index is -4.95. The molecule has 0 radical (unpaired) electrons. The van der Waals surface area contributed by atoms with E-state index in [0.717, 1.165) is 24.3 Å². The summed E-state index contributed by atoms with van der Waals surface area (Å²) in [5, 5.41) is 27.2. The van der Waals surface area contributed by atoms with E-state index >= 15 is 0 Å². The van der Waals surface area contributed by atoms with Gasteiger partial charge >= 0.3 is 12.4 Å². The van der Waals surface area contributed by atoms with Crippen molar-refractivity contribution < 1.29 is 35.9 Å². The van der Waals surface area contributed by atoms with Crippen molar-refractivity contribution in [2.24, 2.45) is 0 Å². The molecule has 212 valence electrons. The van der Waals surface area contributed by atoms with Gasteiger partial charge in [0.1, 0.15) is 5.69 Å². The molecule has 4 aromatic rings. The number of tetrazole rings is 1. The molecule has 0 saturated carbocycles. The normalized spacial score (nSPS) is 11.7. The van der Waals surface area contributed by atoms with Crippen molar-refractivity contribution in [2.75, 3.05) is 12.4 Å². The average molecular weight is 577 g/mol. The maximum absolute atomic E-state index is 13.8. The van der Waals surface area contributed by atoms with Gasteiger partial charge in [0.05, 0.1) is 46.4 Å². The van der Waals surface area contributed by atoms with E-state index in [2.05, 4.69) is 31.3 Å². The predicted molar refractivity (Wildman–Crippen MR) is 128 cm³/mol. The molecule has 0 atom stereocenters. The summed E-state index contributed by atoms with van der Waals surface area (Å²) in [6.45, 7) is 0.740. The number of nitrogens with one attached hydrogen (secondary N) is 2. The van der Waals surface area contributed by atoms with Crippen LogP contribution in [0, 0.1) is 18.3 Å². The van der Waals surface area contributed by atoms with Crippen LogP contribution in [-0.4, -0.2) is 48.8 Å². The summed E-state index contributed by atoms with van der Waals surface area (Å²) in [7, 11) is 1.31. The Bertz CT molecular complexity index is 1680. The van der Waals surface area contributed by atoms with E-state index in [1.54, 1.807) is 0 Å². The Morgan fingerprint density at radius 2 is 1.73 bits per heavy atom. The van der Waals surface area contributed by atoms with E-state index in [-0.39, 0.29) is 28.1 Å². The number of amides is 2. The second kappa shape index (κ2) is 10.7. The van der Waals surface area contributed by atoms with Gasteiger partial charge in [0.15, 0.2) is 0 Å². The summed E-state index contributed by atoms with van der Waals surface area (Å²) in [5.41, 5.74) is -2.34. The van der Waals surface area contributed by atoms with Gasteiger partial charge in [0.25, 0.3) is 17.6 Å². The molecule has 2 heterocycles. The zero-order chi connectivity index (χ0) is 30.1. The molecule has 0 aliphatic heterocycles. The first-order valence-corrected chi connectivity index (χ1v) is 11.4. The average Bonchev–Trinajstić information content (AvgIpc) is 3.56. The van der Waals surface area contributed by atoms with Crippen LogP contribution < -0.4 is 10.6 Å². The maximum atomic E-state index is 13.8. The fraction of sp³-hybridized carbons (Fsp3) is 0.208. The van der Waals surface area contributed by atoms with Gasteiger partial charge < -0.3 is 10.6 Å². The number of aryl methyl sites for hydroxylation is 1. The molecule has 2 aromatic heterocycles. The van der Waals surface area contributed by atoms with Gasteiger partial charge in [-0.05, 0) is 53.2 Å². The van der Waals surface area contributed by atoms with Crippen LogP contribution in [0.5, 0.6) is 0 Å². The number of aromatic nitrogens is 6. The third-order valence-corrected chi connectivity index (χ3v) is 5.70. The van der Waals surface area contributed by atoms with Gasteiger partial charge in [-0.2, -0.15) is 36.7 Å². The molecular weight excluding hydrogens is 560 g/mol. The summed E-state index contributed by atoms with van der Waals surface area (Å²) < 4.78 is 82.3. The topological polar surface area (TPSA) is 143 Å². The number of rotatable bonds is 6. The van der Waals surface area contributed by atoms with Crippen molar-refractivity contribution in [1.82, 2.24) is 35.3 Å². The quantitative estimate of drug-likeness (QED) is 0.333. The number of hydrogen-bond acceptors (Lipinski definition) is 7. The number of benzene rings is 2. The number of nitriles is 1. The van der Waals surface area contributed by atoms with E-state index in [9.17, 15) is 41.2 Å². The molecular formula is C24H17F6N9O2. The van der Waals surface area contributed by atoms with Crippen LogP contribution in [0.2, 0.25) is 0 Å². The molecule has 0 fully saturated rings. The molecule has 4 rings (SSSR count). The highest BCUT2D eigenvalue weighted by Gasteiger charge is 2.39. The first-order chi connectivity index (χ1) is 19.2. The zero-order valence-electron chi connectivity index (χ0n) is 21.0. The lowest BCUT2D eigenvalue weighted by Gasteiger charge is -2.16. The molecule has 0 aliphatic carbocycles. The molecule has 0 aliphatic rings. The van der Waals surface area contributed by atoms with E-state index in [1.165, 1.54) is 32.2 Å². The molecule has 0 spiro atoms. The third-order valence-electron chi connectivity index (χ3n) is 5.70. The number of carbonyl (C=O) groups excluding carboxylic acids is 2. The van der Waals surface area contributed by atoms with Crippen molar-refractivity contribution in [3.05, 3.63) is 81.9 Å². The molecule has 11 nitrogen and oxygen atoms in total. The monoisotopic (exact) mass is 577 g/mol. The molecule has 2 amide bonds. The number of hydrogen-bond donors (Lipinski definition) is 2. The van der Waals surface area contributed by atoms with Gasteiger partial charge in [0, 0.05) is 7.05 Å². The van der Waals surface area contributed by atoms with Crippen LogP contribution in [-0.2, 0) is 18.9 Å². The standard InChI is InChI=1S/C24H17F6N9O2/c1-12-7-13(10-31)8-15(20(40)32-2)19(12)33-21(41)18-9-14(11-38-22(24(28,29)30)34-36-37-38)35-39(18)17-6-4-3-5-16(17)23(25,26)27/h3-9H,11H2,1-2H3,(H,32,40)(H,33,41). The Balaban J connectivity index is 1.86. The van der Waals surface area contributed by atoms with Gasteiger partial charge in [-0.15, -0.1) is 5.10 Å². The summed E-state index contributed by atoms with van der Waals surface area (Å²) in [5.74, 6) is -3.21. The van der Waals surface area contributed by atoms with Gasteiger partial charge in [-0.1, -0.05) is 12.1 Å². The Morgan fingerprint density at radius 3 is 2.37 bits per heavy atom. The summed E-state index contributed by atoms with van der Waals surface area (Å²) >= 11 is 0. The Kier molecular flexibility index (Phi) is 7.51. The minimum absolute atomic E-state index is 0.0495. The Hall–Kier alpha value is -5.27. The third kappa shape index (κ3) is 5.85. The Labute approximate surface area is 226 Å². The SMILES string of the molecule is CNC(=O)c1cc(C#N)cc(C)c1NC(=O)c1cc(Cn2nnnc2C(F)(F)F)nn1-c1ccccc1C(F)(F)F.